The Morgan fingerprint density at radius 1 is 1.16 bits per heavy atom. The zero-order chi connectivity index (χ0) is 22.5. The highest BCUT2D eigenvalue weighted by atomic mass is 35.5. The van der Waals surface area contributed by atoms with E-state index in [0.29, 0.717) is 17.9 Å². The number of hydrogen-bond donors (Lipinski definition) is 0. The molecule has 0 unspecified atom stereocenters. The molecule has 10 heteroatoms. The Hall–Kier alpha value is -3.23. The molecular formula is C22H17Cl2N5O3. The summed E-state index contributed by atoms with van der Waals surface area (Å²) >= 11 is 12.1. The maximum atomic E-state index is 12.8. The molecule has 0 saturated heterocycles. The van der Waals surface area contributed by atoms with Crippen LogP contribution >= 0.6 is 23.2 Å². The summed E-state index contributed by atoms with van der Waals surface area (Å²) in [6, 6.07) is 9.00. The van der Waals surface area contributed by atoms with Crippen LogP contribution in [0.3, 0.4) is 0 Å². The van der Waals surface area contributed by atoms with E-state index in [4.69, 9.17) is 27.6 Å². The van der Waals surface area contributed by atoms with Gasteiger partial charge in [0.15, 0.2) is 5.65 Å². The van der Waals surface area contributed by atoms with Gasteiger partial charge in [-0.2, -0.15) is 4.68 Å². The predicted molar refractivity (Wildman–Crippen MR) is 120 cm³/mol. The van der Waals surface area contributed by atoms with Crippen LogP contribution in [0.15, 0.2) is 69.5 Å². The number of allylic oxidation sites excluding steroid dienone is 1. The lowest BCUT2D eigenvalue weighted by Gasteiger charge is -2.45. The van der Waals surface area contributed by atoms with Gasteiger partial charge in [-0.3, -0.25) is 9.36 Å². The van der Waals surface area contributed by atoms with Crippen molar-refractivity contribution in [3.63, 3.8) is 0 Å². The quantitative estimate of drug-likeness (QED) is 0.413. The molecule has 0 aliphatic heterocycles. The highest BCUT2D eigenvalue weighted by molar-refractivity contribution is 6.35. The number of fused-ring (bicyclic) bond motifs is 1. The molecule has 3 heterocycles. The standard InChI is InChI=1S/C22H17Cl2N5O3/c1-2-22(13-3-5-14(23)6-4-13)9-15(10-22)29-21(31)32-17(27-29)11-28-12-26-19-18(20(28)30)16(24)7-8-25-19/h2-8,12,15H,1,9-11H2. The summed E-state index contributed by atoms with van der Waals surface area (Å²) in [7, 11) is 0. The van der Waals surface area contributed by atoms with Gasteiger partial charge in [-0.15, -0.1) is 11.7 Å². The number of nitrogens with zero attached hydrogens (tertiary/aromatic N) is 5. The molecule has 3 aromatic heterocycles. The molecule has 32 heavy (non-hydrogen) atoms. The van der Waals surface area contributed by atoms with Crippen LogP contribution in [0.5, 0.6) is 0 Å². The van der Waals surface area contributed by atoms with Crippen molar-refractivity contribution in [2.24, 2.45) is 0 Å². The van der Waals surface area contributed by atoms with Crippen LogP contribution in [0.2, 0.25) is 10.0 Å². The first-order valence-corrected chi connectivity index (χ1v) is 10.6. The molecule has 0 N–H and O–H groups in total. The molecular weight excluding hydrogens is 453 g/mol. The molecule has 0 radical (unpaired) electrons. The highest BCUT2D eigenvalue weighted by Crippen LogP contribution is 2.50. The Morgan fingerprint density at radius 2 is 1.91 bits per heavy atom. The van der Waals surface area contributed by atoms with Gasteiger partial charge in [-0.25, -0.2) is 14.8 Å². The number of benzene rings is 1. The van der Waals surface area contributed by atoms with E-state index in [1.807, 2.05) is 30.3 Å². The van der Waals surface area contributed by atoms with Crippen molar-refractivity contribution in [1.82, 2.24) is 24.3 Å². The van der Waals surface area contributed by atoms with Gasteiger partial charge < -0.3 is 4.42 Å². The van der Waals surface area contributed by atoms with Gasteiger partial charge in [-0.1, -0.05) is 41.4 Å². The zero-order valence-corrected chi connectivity index (χ0v) is 18.3. The fraction of sp³-hybridized carbons (Fsp3) is 0.227. The van der Waals surface area contributed by atoms with Crippen molar-refractivity contribution in [3.8, 4) is 0 Å². The number of aromatic nitrogens is 5. The third-order valence-corrected chi connectivity index (χ3v) is 6.51. The Bertz CT molecular complexity index is 1450. The first-order chi connectivity index (χ1) is 15.4. The summed E-state index contributed by atoms with van der Waals surface area (Å²) in [6.07, 6.45) is 6.02. The minimum absolute atomic E-state index is 0.0499. The Labute approximate surface area is 191 Å². The van der Waals surface area contributed by atoms with Crippen LogP contribution < -0.4 is 11.3 Å². The van der Waals surface area contributed by atoms with Crippen LogP contribution in [0.4, 0.5) is 0 Å². The number of halogens is 2. The predicted octanol–water partition coefficient (Wildman–Crippen LogP) is 3.76. The number of hydrogen-bond acceptors (Lipinski definition) is 6. The van der Waals surface area contributed by atoms with Gasteiger partial charge >= 0.3 is 5.76 Å². The summed E-state index contributed by atoms with van der Waals surface area (Å²) in [5.41, 5.74) is 0.700. The molecule has 1 aliphatic rings. The molecule has 162 valence electrons. The molecule has 5 rings (SSSR count). The number of rotatable bonds is 5. The average molecular weight is 470 g/mol. The lowest BCUT2D eigenvalue weighted by atomic mass is 9.62. The van der Waals surface area contributed by atoms with Gasteiger partial charge in [0.2, 0.25) is 5.89 Å². The fourth-order valence-electron chi connectivity index (χ4n) is 4.18. The minimum atomic E-state index is -0.569. The first-order valence-electron chi connectivity index (χ1n) is 9.88. The van der Waals surface area contributed by atoms with Crippen molar-refractivity contribution in [3.05, 3.63) is 97.9 Å². The molecule has 1 fully saturated rings. The third-order valence-electron chi connectivity index (χ3n) is 5.95. The van der Waals surface area contributed by atoms with E-state index in [0.717, 1.165) is 5.56 Å². The van der Waals surface area contributed by atoms with Gasteiger partial charge in [0.1, 0.15) is 18.3 Å². The van der Waals surface area contributed by atoms with Crippen molar-refractivity contribution < 1.29 is 4.42 Å². The average Bonchev–Trinajstić information content (AvgIpc) is 3.11. The summed E-state index contributed by atoms with van der Waals surface area (Å²) in [4.78, 5) is 33.4. The maximum absolute atomic E-state index is 12.8. The molecule has 0 atom stereocenters. The smallest absolute Gasteiger partial charge is 0.390 e. The van der Waals surface area contributed by atoms with Crippen LogP contribution in [0, 0.1) is 0 Å². The van der Waals surface area contributed by atoms with E-state index in [2.05, 4.69) is 21.6 Å². The number of pyridine rings is 1. The molecule has 0 spiro atoms. The summed E-state index contributed by atoms with van der Waals surface area (Å²) in [5.74, 6) is -0.457. The topological polar surface area (TPSA) is 95.8 Å². The van der Waals surface area contributed by atoms with Crippen molar-refractivity contribution in [2.45, 2.75) is 30.8 Å². The highest BCUT2D eigenvalue weighted by Gasteiger charge is 2.45. The largest absolute Gasteiger partial charge is 0.437 e. The normalized spacial score (nSPS) is 20.2. The summed E-state index contributed by atoms with van der Waals surface area (Å²) < 4.78 is 7.93. The van der Waals surface area contributed by atoms with Crippen LogP contribution in [0.1, 0.15) is 30.3 Å². The second-order valence-electron chi connectivity index (χ2n) is 7.80. The lowest BCUT2D eigenvalue weighted by Crippen LogP contribution is -2.43. The molecule has 1 aromatic carbocycles. The van der Waals surface area contributed by atoms with Gasteiger partial charge in [0.25, 0.3) is 5.56 Å². The van der Waals surface area contributed by atoms with E-state index in [9.17, 15) is 9.59 Å². The summed E-state index contributed by atoms with van der Waals surface area (Å²) in [5, 5.41) is 5.45. The van der Waals surface area contributed by atoms with Crippen molar-refractivity contribution in [1.29, 1.82) is 0 Å². The second-order valence-corrected chi connectivity index (χ2v) is 8.65. The summed E-state index contributed by atoms with van der Waals surface area (Å²) in [6.45, 7) is 3.93. The van der Waals surface area contributed by atoms with Gasteiger partial charge in [0.05, 0.1) is 11.1 Å². The SMILES string of the molecule is C=CC1(c2ccc(Cl)cc2)CC(n2nc(Cn3cnc4nccc(Cl)c4c3=O)oc2=O)C1. The monoisotopic (exact) mass is 469 g/mol. The Kier molecular flexibility index (Phi) is 4.98. The Morgan fingerprint density at radius 3 is 2.62 bits per heavy atom. The van der Waals surface area contributed by atoms with Crippen LogP contribution in [-0.4, -0.2) is 24.3 Å². The molecule has 1 saturated carbocycles. The van der Waals surface area contributed by atoms with E-state index in [-0.39, 0.29) is 45.5 Å². The lowest BCUT2D eigenvalue weighted by molar-refractivity contribution is 0.172. The second kappa shape index (κ2) is 7.72. The van der Waals surface area contributed by atoms with E-state index in [1.54, 1.807) is 0 Å². The third kappa shape index (κ3) is 3.36. The van der Waals surface area contributed by atoms with Crippen molar-refractivity contribution in [2.75, 3.05) is 0 Å². The zero-order valence-electron chi connectivity index (χ0n) is 16.7. The van der Waals surface area contributed by atoms with E-state index < -0.39 is 5.76 Å². The van der Waals surface area contributed by atoms with Crippen molar-refractivity contribution >= 4 is 34.2 Å². The van der Waals surface area contributed by atoms with E-state index >= 15 is 0 Å². The Balaban J connectivity index is 1.39. The van der Waals surface area contributed by atoms with E-state index in [1.165, 1.54) is 27.8 Å². The fourth-order valence-corrected chi connectivity index (χ4v) is 4.53. The molecule has 1 aliphatic carbocycles. The molecule has 0 bridgehead atoms. The van der Waals surface area contributed by atoms with Gasteiger partial charge in [-0.05, 0) is 36.6 Å². The van der Waals surface area contributed by atoms with Gasteiger partial charge in [0, 0.05) is 16.6 Å². The molecule has 8 nitrogen and oxygen atoms in total. The van der Waals surface area contributed by atoms with Crippen LogP contribution in [-0.2, 0) is 12.0 Å². The molecule has 4 aromatic rings. The van der Waals surface area contributed by atoms with Crippen LogP contribution in [0.25, 0.3) is 11.0 Å². The minimum Gasteiger partial charge on any atom is -0.390 e. The maximum Gasteiger partial charge on any atom is 0.437 e. The first kappa shape index (κ1) is 20.7. The molecule has 0 amide bonds.